The molecule has 0 aliphatic rings. The van der Waals surface area contributed by atoms with Gasteiger partial charge in [-0.15, -0.1) is 0 Å². The Morgan fingerprint density at radius 2 is 2.00 bits per heavy atom. The summed E-state index contributed by atoms with van der Waals surface area (Å²) in [5, 5.41) is 10.7. The van der Waals surface area contributed by atoms with Crippen LogP contribution in [0.15, 0.2) is 30.3 Å². The lowest BCUT2D eigenvalue weighted by Crippen LogP contribution is -2.13. The number of hydrogen-bond acceptors (Lipinski definition) is 2. The predicted octanol–water partition coefficient (Wildman–Crippen LogP) is 2.88. The van der Waals surface area contributed by atoms with E-state index in [0.29, 0.717) is 0 Å². The van der Waals surface area contributed by atoms with Crippen LogP contribution in [0.3, 0.4) is 0 Å². The van der Waals surface area contributed by atoms with Gasteiger partial charge in [-0.2, -0.15) is 5.10 Å². The molecule has 2 rings (SSSR count). The minimum absolute atomic E-state index is 0.854. The van der Waals surface area contributed by atoms with Crippen molar-refractivity contribution in [2.24, 2.45) is 0 Å². The molecule has 0 aliphatic heterocycles. The van der Waals surface area contributed by atoms with Gasteiger partial charge in [-0.1, -0.05) is 36.8 Å². The molecular weight excluding hydrogens is 210 g/mol. The molecule has 0 aliphatic carbocycles. The van der Waals surface area contributed by atoms with Crippen molar-refractivity contribution in [3.05, 3.63) is 41.6 Å². The van der Waals surface area contributed by atoms with Crippen molar-refractivity contribution >= 4 is 0 Å². The van der Waals surface area contributed by atoms with Gasteiger partial charge in [0.1, 0.15) is 0 Å². The van der Waals surface area contributed by atoms with E-state index in [2.05, 4.69) is 59.7 Å². The highest BCUT2D eigenvalue weighted by Crippen LogP contribution is 2.17. The van der Waals surface area contributed by atoms with Gasteiger partial charge in [-0.25, -0.2) is 0 Å². The zero-order valence-electron chi connectivity index (χ0n) is 10.5. The number of nitrogens with one attached hydrogen (secondary N) is 2. The zero-order chi connectivity index (χ0) is 12.1. The molecule has 1 heterocycles. The van der Waals surface area contributed by atoms with E-state index in [0.717, 1.165) is 36.5 Å². The summed E-state index contributed by atoms with van der Waals surface area (Å²) in [5.41, 5.74) is 4.58. The lowest BCUT2D eigenvalue weighted by molar-refractivity contribution is 0.662. The third-order valence-electron chi connectivity index (χ3n) is 2.72. The summed E-state index contributed by atoms with van der Waals surface area (Å²) in [6, 6.07) is 10.5. The molecule has 0 fully saturated rings. The smallest absolute Gasteiger partial charge is 0.0924 e. The second kappa shape index (κ2) is 5.64. The highest BCUT2D eigenvalue weighted by Gasteiger charge is 2.03. The van der Waals surface area contributed by atoms with E-state index in [-0.39, 0.29) is 0 Å². The predicted molar refractivity (Wildman–Crippen MR) is 70.8 cm³/mol. The van der Waals surface area contributed by atoms with Gasteiger partial charge in [0, 0.05) is 17.8 Å². The number of rotatable bonds is 5. The number of aromatic amines is 1. The van der Waals surface area contributed by atoms with Crippen molar-refractivity contribution in [3.8, 4) is 11.3 Å². The highest BCUT2D eigenvalue weighted by atomic mass is 15.1. The van der Waals surface area contributed by atoms with Crippen molar-refractivity contribution < 1.29 is 0 Å². The number of aromatic nitrogens is 2. The lowest BCUT2D eigenvalue weighted by atomic mass is 10.1. The van der Waals surface area contributed by atoms with E-state index >= 15 is 0 Å². The summed E-state index contributed by atoms with van der Waals surface area (Å²) >= 11 is 0. The van der Waals surface area contributed by atoms with Crippen LogP contribution >= 0.6 is 0 Å². The Kier molecular flexibility index (Phi) is 3.94. The van der Waals surface area contributed by atoms with Gasteiger partial charge in [-0.3, -0.25) is 5.10 Å². The van der Waals surface area contributed by atoms with Crippen molar-refractivity contribution in [3.63, 3.8) is 0 Å². The number of hydrogen-bond donors (Lipinski definition) is 2. The van der Waals surface area contributed by atoms with Gasteiger partial charge in [0.05, 0.1) is 5.69 Å². The Balaban J connectivity index is 2.04. The van der Waals surface area contributed by atoms with Crippen LogP contribution in [0, 0.1) is 6.92 Å². The van der Waals surface area contributed by atoms with Gasteiger partial charge in [-0.05, 0) is 26.0 Å². The first-order chi connectivity index (χ1) is 8.29. The quantitative estimate of drug-likeness (QED) is 0.774. The normalized spacial score (nSPS) is 10.7. The monoisotopic (exact) mass is 229 g/mol. The number of aryl methyl sites for hydroxylation is 1. The van der Waals surface area contributed by atoms with Gasteiger partial charge in [0.15, 0.2) is 0 Å². The fraction of sp³-hybridized carbons (Fsp3) is 0.357. The van der Waals surface area contributed by atoms with Gasteiger partial charge >= 0.3 is 0 Å². The number of benzene rings is 1. The second-order valence-corrected chi connectivity index (χ2v) is 4.32. The Hall–Kier alpha value is -1.61. The van der Waals surface area contributed by atoms with Crippen molar-refractivity contribution in [1.29, 1.82) is 0 Å². The fourth-order valence-corrected chi connectivity index (χ4v) is 1.72. The van der Waals surface area contributed by atoms with E-state index < -0.39 is 0 Å². The molecular formula is C14H19N3. The molecule has 2 aromatic rings. The van der Waals surface area contributed by atoms with Gasteiger partial charge in [0.25, 0.3) is 0 Å². The average Bonchev–Trinajstić information content (AvgIpc) is 2.79. The van der Waals surface area contributed by atoms with Crippen LogP contribution in [0.2, 0.25) is 0 Å². The van der Waals surface area contributed by atoms with Crippen LogP contribution in [0.1, 0.15) is 24.6 Å². The molecule has 1 aromatic carbocycles. The molecule has 0 saturated heterocycles. The Labute approximate surface area is 102 Å². The summed E-state index contributed by atoms with van der Waals surface area (Å²) in [5.74, 6) is 0. The minimum Gasteiger partial charge on any atom is -0.311 e. The third kappa shape index (κ3) is 3.17. The van der Waals surface area contributed by atoms with Crippen LogP contribution in [-0.2, 0) is 6.54 Å². The van der Waals surface area contributed by atoms with Gasteiger partial charge < -0.3 is 5.32 Å². The lowest BCUT2D eigenvalue weighted by Gasteiger charge is -1.98. The molecule has 0 atom stereocenters. The summed E-state index contributed by atoms with van der Waals surface area (Å²) in [4.78, 5) is 0. The van der Waals surface area contributed by atoms with E-state index in [1.54, 1.807) is 0 Å². The maximum absolute atomic E-state index is 4.33. The van der Waals surface area contributed by atoms with Crippen LogP contribution in [0.5, 0.6) is 0 Å². The largest absolute Gasteiger partial charge is 0.311 e. The van der Waals surface area contributed by atoms with Crippen molar-refractivity contribution in [2.45, 2.75) is 26.8 Å². The Morgan fingerprint density at radius 3 is 2.71 bits per heavy atom. The molecule has 3 heteroatoms. The van der Waals surface area contributed by atoms with Gasteiger partial charge in [0.2, 0.25) is 0 Å². The average molecular weight is 229 g/mol. The summed E-state index contributed by atoms with van der Waals surface area (Å²) < 4.78 is 0. The maximum Gasteiger partial charge on any atom is 0.0924 e. The highest BCUT2D eigenvalue weighted by molar-refractivity contribution is 5.59. The standard InChI is InChI=1S/C14H19N3/c1-3-8-15-10-13-9-14(17-16-13)12-6-4-11(2)5-7-12/h4-7,9,15H,3,8,10H2,1-2H3,(H,16,17). The molecule has 3 nitrogen and oxygen atoms in total. The van der Waals surface area contributed by atoms with Crippen molar-refractivity contribution in [1.82, 2.24) is 15.5 Å². The van der Waals surface area contributed by atoms with Crippen LogP contribution in [0.25, 0.3) is 11.3 Å². The van der Waals surface area contributed by atoms with Crippen molar-refractivity contribution in [2.75, 3.05) is 6.54 Å². The van der Waals surface area contributed by atoms with E-state index in [1.807, 2.05) is 0 Å². The molecule has 0 radical (unpaired) electrons. The number of H-pyrrole nitrogens is 1. The first kappa shape index (κ1) is 11.9. The second-order valence-electron chi connectivity index (χ2n) is 4.32. The van der Waals surface area contributed by atoms with Crippen LogP contribution < -0.4 is 5.32 Å². The van der Waals surface area contributed by atoms with Crippen LogP contribution in [0.4, 0.5) is 0 Å². The third-order valence-corrected chi connectivity index (χ3v) is 2.72. The molecule has 1 aromatic heterocycles. The first-order valence-corrected chi connectivity index (χ1v) is 6.11. The van der Waals surface area contributed by atoms with E-state index in [1.165, 1.54) is 5.56 Å². The van der Waals surface area contributed by atoms with E-state index in [9.17, 15) is 0 Å². The zero-order valence-corrected chi connectivity index (χ0v) is 10.5. The summed E-state index contributed by atoms with van der Waals surface area (Å²) in [6.45, 7) is 6.15. The molecule has 0 spiro atoms. The molecule has 17 heavy (non-hydrogen) atoms. The summed E-state index contributed by atoms with van der Waals surface area (Å²) in [7, 11) is 0. The Bertz CT molecular complexity index is 457. The maximum atomic E-state index is 4.33. The topological polar surface area (TPSA) is 40.7 Å². The fourth-order valence-electron chi connectivity index (χ4n) is 1.72. The molecule has 0 bridgehead atoms. The Morgan fingerprint density at radius 1 is 1.24 bits per heavy atom. The van der Waals surface area contributed by atoms with Crippen LogP contribution in [-0.4, -0.2) is 16.7 Å². The molecule has 0 amide bonds. The molecule has 2 N–H and O–H groups in total. The van der Waals surface area contributed by atoms with E-state index in [4.69, 9.17) is 0 Å². The summed E-state index contributed by atoms with van der Waals surface area (Å²) in [6.07, 6.45) is 1.15. The first-order valence-electron chi connectivity index (χ1n) is 6.11. The minimum atomic E-state index is 0.854. The number of nitrogens with zero attached hydrogens (tertiary/aromatic N) is 1. The molecule has 90 valence electrons. The molecule has 0 unspecified atom stereocenters. The molecule has 0 saturated carbocycles. The SMILES string of the molecule is CCCNCc1cc(-c2ccc(C)cc2)n[nH]1.